The quantitative estimate of drug-likeness (QED) is 0.822. The molecule has 1 heterocycles. The lowest BCUT2D eigenvalue weighted by Gasteiger charge is -2.24. The standard InChI is InChI=1S/C15H20N2O3/c1-16-15(19)13-4-3-7-17(13)9-12-8-11(10-18)5-6-14(12)20-2/h5-6,8,10,13H,3-4,7,9H2,1-2H3,(H,16,19). The first-order chi connectivity index (χ1) is 9.69. The number of nitrogens with one attached hydrogen (secondary N) is 1. The number of carbonyl (C=O) groups excluding carboxylic acids is 2. The normalized spacial score (nSPS) is 18.8. The molecule has 20 heavy (non-hydrogen) atoms. The molecule has 1 aromatic carbocycles. The smallest absolute Gasteiger partial charge is 0.237 e. The second-order valence-electron chi connectivity index (χ2n) is 4.93. The van der Waals surface area contributed by atoms with Crippen molar-refractivity contribution in [1.82, 2.24) is 10.2 Å². The molecular formula is C15H20N2O3. The Morgan fingerprint density at radius 1 is 1.55 bits per heavy atom. The van der Waals surface area contributed by atoms with Crippen molar-refractivity contribution in [2.75, 3.05) is 20.7 Å². The number of benzene rings is 1. The van der Waals surface area contributed by atoms with Gasteiger partial charge in [-0.3, -0.25) is 14.5 Å². The third-order valence-corrected chi connectivity index (χ3v) is 3.73. The third-order valence-electron chi connectivity index (χ3n) is 3.73. The summed E-state index contributed by atoms with van der Waals surface area (Å²) in [5.74, 6) is 0.797. The fourth-order valence-electron chi connectivity index (χ4n) is 2.69. The van der Waals surface area contributed by atoms with E-state index >= 15 is 0 Å². The van der Waals surface area contributed by atoms with Crippen LogP contribution in [0.25, 0.3) is 0 Å². The van der Waals surface area contributed by atoms with E-state index in [9.17, 15) is 9.59 Å². The van der Waals surface area contributed by atoms with Crippen LogP contribution in [0.4, 0.5) is 0 Å². The molecule has 0 radical (unpaired) electrons. The minimum absolute atomic E-state index is 0.0491. The molecule has 0 aromatic heterocycles. The van der Waals surface area contributed by atoms with E-state index in [0.717, 1.165) is 37.0 Å². The van der Waals surface area contributed by atoms with Gasteiger partial charge in [0.1, 0.15) is 12.0 Å². The number of methoxy groups -OCH3 is 1. The lowest BCUT2D eigenvalue weighted by atomic mass is 10.1. The van der Waals surface area contributed by atoms with E-state index in [0.29, 0.717) is 12.1 Å². The first kappa shape index (κ1) is 14.5. The number of carbonyl (C=O) groups is 2. The summed E-state index contributed by atoms with van der Waals surface area (Å²) >= 11 is 0. The van der Waals surface area contributed by atoms with Gasteiger partial charge in [0, 0.05) is 24.7 Å². The van der Waals surface area contributed by atoms with Gasteiger partial charge in [0.2, 0.25) is 5.91 Å². The molecule has 0 spiro atoms. The number of rotatable bonds is 5. The molecule has 1 aromatic rings. The van der Waals surface area contributed by atoms with Crippen molar-refractivity contribution in [2.45, 2.75) is 25.4 Å². The van der Waals surface area contributed by atoms with Crippen LogP contribution in [0.3, 0.4) is 0 Å². The number of nitrogens with zero attached hydrogens (tertiary/aromatic N) is 1. The molecule has 1 amide bonds. The minimum atomic E-state index is -0.0930. The van der Waals surface area contributed by atoms with Gasteiger partial charge in [0.05, 0.1) is 13.2 Å². The van der Waals surface area contributed by atoms with Crippen LogP contribution in [0.1, 0.15) is 28.8 Å². The van der Waals surface area contributed by atoms with Crippen LogP contribution < -0.4 is 10.1 Å². The molecule has 1 saturated heterocycles. The zero-order chi connectivity index (χ0) is 14.5. The Hall–Kier alpha value is -1.88. The summed E-state index contributed by atoms with van der Waals surface area (Å²) in [5.41, 5.74) is 1.56. The van der Waals surface area contributed by atoms with Gasteiger partial charge in [-0.15, -0.1) is 0 Å². The van der Waals surface area contributed by atoms with E-state index in [4.69, 9.17) is 4.74 Å². The second-order valence-corrected chi connectivity index (χ2v) is 4.93. The zero-order valence-corrected chi connectivity index (χ0v) is 11.9. The molecule has 0 aliphatic carbocycles. The number of hydrogen-bond acceptors (Lipinski definition) is 4. The molecule has 1 atom stereocenters. The average molecular weight is 276 g/mol. The molecule has 2 rings (SSSR count). The second kappa shape index (κ2) is 6.52. The van der Waals surface area contributed by atoms with Crippen LogP contribution in [0.5, 0.6) is 5.75 Å². The Kier molecular flexibility index (Phi) is 4.74. The maximum Gasteiger partial charge on any atom is 0.237 e. The molecule has 1 fully saturated rings. The van der Waals surface area contributed by atoms with Crippen molar-refractivity contribution in [3.63, 3.8) is 0 Å². The molecule has 108 valence electrons. The van der Waals surface area contributed by atoms with Gasteiger partial charge < -0.3 is 10.1 Å². The highest BCUT2D eigenvalue weighted by atomic mass is 16.5. The summed E-state index contributed by atoms with van der Waals surface area (Å²) in [6.45, 7) is 1.50. The number of ether oxygens (including phenoxy) is 1. The van der Waals surface area contributed by atoms with Crippen molar-refractivity contribution in [2.24, 2.45) is 0 Å². The van der Waals surface area contributed by atoms with Gasteiger partial charge in [-0.1, -0.05) is 0 Å². The Morgan fingerprint density at radius 2 is 2.35 bits per heavy atom. The van der Waals surface area contributed by atoms with Crippen LogP contribution >= 0.6 is 0 Å². The number of likely N-dealkylation sites (tertiary alicyclic amines) is 1. The summed E-state index contributed by atoms with van der Waals surface area (Å²) < 4.78 is 5.33. The third kappa shape index (κ3) is 2.99. The zero-order valence-electron chi connectivity index (χ0n) is 11.9. The predicted molar refractivity (Wildman–Crippen MR) is 75.9 cm³/mol. The number of likely N-dealkylation sites (N-methyl/N-ethyl adjacent to an activating group) is 1. The topological polar surface area (TPSA) is 58.6 Å². The fourth-order valence-corrected chi connectivity index (χ4v) is 2.69. The van der Waals surface area contributed by atoms with Gasteiger partial charge in [-0.05, 0) is 37.6 Å². The molecule has 1 N–H and O–H groups in total. The van der Waals surface area contributed by atoms with Crippen molar-refractivity contribution < 1.29 is 14.3 Å². The van der Waals surface area contributed by atoms with Gasteiger partial charge in [-0.25, -0.2) is 0 Å². The van der Waals surface area contributed by atoms with Crippen LogP contribution in [0.2, 0.25) is 0 Å². The summed E-state index contributed by atoms with van der Waals surface area (Å²) in [6.07, 6.45) is 2.70. The van der Waals surface area contributed by atoms with E-state index < -0.39 is 0 Å². The fraction of sp³-hybridized carbons (Fsp3) is 0.467. The number of hydrogen-bond donors (Lipinski definition) is 1. The van der Waals surface area contributed by atoms with E-state index in [1.54, 1.807) is 26.3 Å². The molecule has 1 aliphatic rings. The Labute approximate surface area is 118 Å². The van der Waals surface area contributed by atoms with Crippen LogP contribution in [-0.4, -0.2) is 43.8 Å². The first-order valence-electron chi connectivity index (χ1n) is 6.77. The Morgan fingerprint density at radius 3 is 3.00 bits per heavy atom. The van der Waals surface area contributed by atoms with Crippen LogP contribution in [-0.2, 0) is 11.3 Å². The highest BCUT2D eigenvalue weighted by molar-refractivity contribution is 5.81. The summed E-state index contributed by atoms with van der Waals surface area (Å²) in [5, 5.41) is 2.71. The van der Waals surface area contributed by atoms with Crippen LogP contribution in [0.15, 0.2) is 18.2 Å². The largest absolute Gasteiger partial charge is 0.496 e. The van der Waals surface area contributed by atoms with Gasteiger partial charge in [0.25, 0.3) is 0 Å². The maximum absolute atomic E-state index is 11.9. The number of aldehydes is 1. The van der Waals surface area contributed by atoms with E-state index in [2.05, 4.69) is 10.2 Å². The summed E-state index contributed by atoms with van der Waals surface area (Å²) in [6, 6.07) is 5.26. The molecule has 5 nitrogen and oxygen atoms in total. The molecule has 0 bridgehead atoms. The number of amides is 1. The van der Waals surface area contributed by atoms with Crippen molar-refractivity contribution in [3.8, 4) is 5.75 Å². The first-order valence-corrected chi connectivity index (χ1v) is 6.77. The lowest BCUT2D eigenvalue weighted by Crippen LogP contribution is -2.41. The maximum atomic E-state index is 11.9. The Balaban J connectivity index is 2.20. The minimum Gasteiger partial charge on any atom is -0.496 e. The van der Waals surface area contributed by atoms with Crippen molar-refractivity contribution in [1.29, 1.82) is 0 Å². The van der Waals surface area contributed by atoms with Crippen molar-refractivity contribution >= 4 is 12.2 Å². The molecule has 1 aliphatic heterocycles. The predicted octanol–water partition coefficient (Wildman–Crippen LogP) is 1.22. The van der Waals surface area contributed by atoms with Gasteiger partial charge in [0.15, 0.2) is 0 Å². The molecule has 1 unspecified atom stereocenters. The lowest BCUT2D eigenvalue weighted by molar-refractivity contribution is -0.125. The Bertz CT molecular complexity index is 502. The van der Waals surface area contributed by atoms with Crippen LogP contribution in [0, 0.1) is 0 Å². The molecule has 0 saturated carbocycles. The monoisotopic (exact) mass is 276 g/mol. The molecule has 5 heteroatoms. The van der Waals surface area contributed by atoms with E-state index in [1.165, 1.54) is 0 Å². The van der Waals surface area contributed by atoms with Gasteiger partial charge in [-0.2, -0.15) is 0 Å². The van der Waals surface area contributed by atoms with E-state index in [-0.39, 0.29) is 11.9 Å². The van der Waals surface area contributed by atoms with E-state index in [1.807, 2.05) is 6.07 Å². The SMILES string of the molecule is CNC(=O)C1CCCN1Cc1cc(C=O)ccc1OC. The summed E-state index contributed by atoms with van der Waals surface area (Å²) in [7, 11) is 3.27. The highest BCUT2D eigenvalue weighted by Crippen LogP contribution is 2.25. The summed E-state index contributed by atoms with van der Waals surface area (Å²) in [4.78, 5) is 24.9. The highest BCUT2D eigenvalue weighted by Gasteiger charge is 2.30. The van der Waals surface area contributed by atoms with Gasteiger partial charge >= 0.3 is 0 Å². The average Bonchev–Trinajstić information content (AvgIpc) is 2.94. The molecular weight excluding hydrogens is 256 g/mol. The van der Waals surface area contributed by atoms with Crippen molar-refractivity contribution in [3.05, 3.63) is 29.3 Å².